The smallest absolute Gasteiger partial charge is 0.248 e. The lowest BCUT2D eigenvalue weighted by Crippen LogP contribution is -2.29. The van der Waals surface area contributed by atoms with Gasteiger partial charge in [-0.25, -0.2) is 8.42 Å². The molecule has 1 aliphatic heterocycles. The van der Waals surface area contributed by atoms with Gasteiger partial charge < -0.3 is 5.73 Å². The Hall–Kier alpha value is -1.08. The number of nitrogens with one attached hydrogen (secondary N) is 1. The number of aromatic nitrogens is 2. The zero-order chi connectivity index (χ0) is 12.5. The van der Waals surface area contributed by atoms with Crippen molar-refractivity contribution in [2.24, 2.45) is 5.92 Å². The van der Waals surface area contributed by atoms with Crippen LogP contribution in [0.25, 0.3) is 0 Å². The van der Waals surface area contributed by atoms with Crippen molar-refractivity contribution in [3.63, 3.8) is 0 Å². The normalized spacial score (nSPS) is 22.1. The monoisotopic (exact) mass is 258 g/mol. The van der Waals surface area contributed by atoms with Crippen LogP contribution < -0.4 is 5.73 Å². The molecule has 0 saturated carbocycles. The lowest BCUT2D eigenvalue weighted by Gasteiger charge is -2.15. The Labute approximate surface area is 101 Å². The Kier molecular flexibility index (Phi) is 3.39. The summed E-state index contributed by atoms with van der Waals surface area (Å²) in [5, 5.41) is 6.12. The molecule has 0 aliphatic carbocycles. The van der Waals surface area contributed by atoms with Crippen LogP contribution >= 0.6 is 0 Å². The lowest BCUT2D eigenvalue weighted by molar-refractivity contribution is 0.445. The summed E-state index contributed by atoms with van der Waals surface area (Å²) >= 11 is 0. The third kappa shape index (κ3) is 2.30. The molecule has 6 nitrogen and oxygen atoms in total. The summed E-state index contributed by atoms with van der Waals surface area (Å²) in [6.45, 7) is 3.30. The summed E-state index contributed by atoms with van der Waals surface area (Å²) in [4.78, 5) is 0.0923. The van der Waals surface area contributed by atoms with Crippen LogP contribution in [0.5, 0.6) is 0 Å². The van der Waals surface area contributed by atoms with Crippen LogP contribution in [-0.2, 0) is 10.0 Å². The highest BCUT2D eigenvalue weighted by Gasteiger charge is 2.33. The van der Waals surface area contributed by atoms with Crippen molar-refractivity contribution in [2.45, 2.75) is 31.1 Å². The van der Waals surface area contributed by atoms with Crippen LogP contribution in [-0.4, -0.2) is 36.0 Å². The fraction of sp³-hybridized carbons (Fsp3) is 0.700. The highest BCUT2D eigenvalue weighted by atomic mass is 32.2. The second-order valence-corrected chi connectivity index (χ2v) is 6.36. The first-order valence-electron chi connectivity index (χ1n) is 5.84. The SMILES string of the molecule is CCCC1CCN(S(=O)(=O)c2cn[nH]c2N)C1. The first-order valence-corrected chi connectivity index (χ1v) is 7.28. The number of nitrogen functional groups attached to an aromatic ring is 1. The fourth-order valence-corrected chi connectivity index (χ4v) is 3.83. The van der Waals surface area contributed by atoms with E-state index in [1.165, 1.54) is 10.5 Å². The molecule has 1 atom stereocenters. The Morgan fingerprint density at radius 1 is 1.65 bits per heavy atom. The molecule has 2 rings (SSSR count). The molecule has 0 radical (unpaired) electrons. The average molecular weight is 258 g/mol. The summed E-state index contributed by atoms with van der Waals surface area (Å²) < 4.78 is 26.0. The summed E-state index contributed by atoms with van der Waals surface area (Å²) in [5.74, 6) is 0.590. The molecule has 1 aliphatic rings. The molecule has 1 fully saturated rings. The van der Waals surface area contributed by atoms with Crippen molar-refractivity contribution >= 4 is 15.8 Å². The van der Waals surface area contributed by atoms with Crippen LogP contribution in [0.3, 0.4) is 0 Å². The van der Waals surface area contributed by atoms with Crippen LogP contribution in [0, 0.1) is 5.92 Å². The number of hydrogen-bond donors (Lipinski definition) is 2. The molecule has 96 valence electrons. The number of sulfonamides is 1. The van der Waals surface area contributed by atoms with Crippen LogP contribution in [0.1, 0.15) is 26.2 Å². The molecule has 3 N–H and O–H groups in total. The van der Waals surface area contributed by atoms with E-state index in [0.29, 0.717) is 19.0 Å². The first-order chi connectivity index (χ1) is 8.05. The number of hydrogen-bond acceptors (Lipinski definition) is 4. The van der Waals surface area contributed by atoms with E-state index in [9.17, 15) is 8.42 Å². The van der Waals surface area contributed by atoms with Gasteiger partial charge in [0, 0.05) is 13.1 Å². The van der Waals surface area contributed by atoms with Crippen molar-refractivity contribution in [2.75, 3.05) is 18.8 Å². The highest BCUT2D eigenvalue weighted by molar-refractivity contribution is 7.89. The molecule has 7 heteroatoms. The highest BCUT2D eigenvalue weighted by Crippen LogP contribution is 2.28. The zero-order valence-corrected chi connectivity index (χ0v) is 10.7. The number of H-pyrrole nitrogens is 1. The number of aromatic amines is 1. The molecule has 1 saturated heterocycles. The molecular formula is C10H18N4O2S. The number of rotatable bonds is 4. The molecule has 2 heterocycles. The van der Waals surface area contributed by atoms with E-state index >= 15 is 0 Å². The molecular weight excluding hydrogens is 240 g/mol. The Morgan fingerprint density at radius 2 is 2.41 bits per heavy atom. The molecule has 1 aromatic heterocycles. The Morgan fingerprint density at radius 3 is 3.00 bits per heavy atom. The Balaban J connectivity index is 2.16. The van der Waals surface area contributed by atoms with Gasteiger partial charge in [-0.3, -0.25) is 5.10 Å². The largest absolute Gasteiger partial charge is 0.383 e. The van der Waals surface area contributed by atoms with E-state index < -0.39 is 10.0 Å². The predicted molar refractivity (Wildman–Crippen MR) is 64.8 cm³/mol. The van der Waals surface area contributed by atoms with E-state index in [1.54, 1.807) is 0 Å². The maximum atomic E-state index is 12.3. The molecule has 1 aromatic rings. The van der Waals surface area contributed by atoms with Gasteiger partial charge >= 0.3 is 0 Å². The average Bonchev–Trinajstić information content (AvgIpc) is 2.87. The van der Waals surface area contributed by atoms with E-state index in [0.717, 1.165) is 19.3 Å². The zero-order valence-electron chi connectivity index (χ0n) is 9.89. The molecule has 0 spiro atoms. The first kappa shape index (κ1) is 12.4. The van der Waals surface area contributed by atoms with Gasteiger partial charge in [-0.05, 0) is 18.8 Å². The van der Waals surface area contributed by atoms with Crippen LogP contribution in [0.15, 0.2) is 11.1 Å². The van der Waals surface area contributed by atoms with Gasteiger partial charge in [-0.2, -0.15) is 9.40 Å². The topological polar surface area (TPSA) is 92.1 Å². The number of nitrogens with zero attached hydrogens (tertiary/aromatic N) is 2. The lowest BCUT2D eigenvalue weighted by atomic mass is 10.0. The van der Waals surface area contributed by atoms with Gasteiger partial charge in [0.2, 0.25) is 10.0 Å². The second-order valence-electron chi connectivity index (χ2n) is 4.45. The van der Waals surface area contributed by atoms with E-state index in [1.807, 2.05) is 0 Å². The molecule has 17 heavy (non-hydrogen) atoms. The summed E-state index contributed by atoms with van der Waals surface area (Å²) in [6.07, 6.45) is 4.38. The van der Waals surface area contributed by atoms with E-state index in [-0.39, 0.29) is 10.7 Å². The summed E-state index contributed by atoms with van der Waals surface area (Å²) in [7, 11) is -3.46. The van der Waals surface area contributed by atoms with Gasteiger partial charge in [-0.15, -0.1) is 0 Å². The standard InChI is InChI=1S/C10H18N4O2S/c1-2-3-8-4-5-14(7-8)17(15,16)9-6-12-13-10(9)11/h6,8H,2-5,7H2,1H3,(H3,11,12,13). The molecule has 0 aromatic carbocycles. The third-order valence-electron chi connectivity index (χ3n) is 3.20. The quantitative estimate of drug-likeness (QED) is 0.835. The number of anilines is 1. The fourth-order valence-electron chi connectivity index (χ4n) is 2.29. The van der Waals surface area contributed by atoms with Crippen LogP contribution in [0.2, 0.25) is 0 Å². The maximum absolute atomic E-state index is 12.3. The van der Waals surface area contributed by atoms with Crippen molar-refractivity contribution in [1.82, 2.24) is 14.5 Å². The molecule has 0 amide bonds. The summed E-state index contributed by atoms with van der Waals surface area (Å²) in [6, 6.07) is 0. The van der Waals surface area contributed by atoms with E-state index in [4.69, 9.17) is 5.73 Å². The molecule has 0 bridgehead atoms. The van der Waals surface area contributed by atoms with Crippen molar-refractivity contribution in [3.8, 4) is 0 Å². The van der Waals surface area contributed by atoms with Crippen molar-refractivity contribution in [1.29, 1.82) is 0 Å². The Bertz CT molecular complexity index is 482. The van der Waals surface area contributed by atoms with Gasteiger partial charge in [0.1, 0.15) is 10.7 Å². The predicted octanol–water partition coefficient (Wildman–Crippen LogP) is 0.803. The van der Waals surface area contributed by atoms with Gasteiger partial charge in [0.05, 0.1) is 6.20 Å². The number of nitrogens with two attached hydrogens (primary N) is 1. The minimum Gasteiger partial charge on any atom is -0.383 e. The van der Waals surface area contributed by atoms with Crippen molar-refractivity contribution < 1.29 is 8.42 Å². The minimum absolute atomic E-state index is 0.0923. The summed E-state index contributed by atoms with van der Waals surface area (Å²) in [5.41, 5.74) is 5.56. The van der Waals surface area contributed by atoms with Gasteiger partial charge in [-0.1, -0.05) is 13.3 Å². The van der Waals surface area contributed by atoms with E-state index in [2.05, 4.69) is 17.1 Å². The van der Waals surface area contributed by atoms with Crippen LogP contribution in [0.4, 0.5) is 5.82 Å². The maximum Gasteiger partial charge on any atom is 0.248 e. The van der Waals surface area contributed by atoms with Gasteiger partial charge in [0.15, 0.2) is 0 Å². The molecule has 1 unspecified atom stereocenters. The third-order valence-corrected chi connectivity index (χ3v) is 5.09. The minimum atomic E-state index is -3.46. The second kappa shape index (κ2) is 4.66. The van der Waals surface area contributed by atoms with Crippen molar-refractivity contribution in [3.05, 3.63) is 6.20 Å². The van der Waals surface area contributed by atoms with Gasteiger partial charge in [0.25, 0.3) is 0 Å².